The van der Waals surface area contributed by atoms with Gasteiger partial charge in [-0.25, -0.2) is 0 Å². The minimum absolute atomic E-state index is 0.651. The van der Waals surface area contributed by atoms with Crippen molar-refractivity contribution in [1.29, 1.82) is 0 Å². The second kappa shape index (κ2) is 8.50. The molecular formula is C21H32O4. The summed E-state index contributed by atoms with van der Waals surface area (Å²) in [7, 11) is 0. The summed E-state index contributed by atoms with van der Waals surface area (Å²) in [5.41, 5.74) is 2.34. The molecule has 0 aliphatic carbocycles. The van der Waals surface area contributed by atoms with Crippen molar-refractivity contribution in [2.75, 3.05) is 0 Å². The first-order valence-electron chi connectivity index (χ1n) is 9.01. The molecule has 0 bridgehead atoms. The van der Waals surface area contributed by atoms with Crippen molar-refractivity contribution in [3.63, 3.8) is 0 Å². The van der Waals surface area contributed by atoms with Crippen LogP contribution in [0.25, 0.3) is 0 Å². The highest BCUT2D eigenvalue weighted by molar-refractivity contribution is 5.73. The molecule has 25 heavy (non-hydrogen) atoms. The average molecular weight is 348 g/mol. The predicted octanol–water partition coefficient (Wildman–Crippen LogP) is 4.86. The summed E-state index contributed by atoms with van der Waals surface area (Å²) in [5.74, 6) is -1.50. The molecule has 0 aliphatic heterocycles. The van der Waals surface area contributed by atoms with E-state index in [4.69, 9.17) is 0 Å². The summed E-state index contributed by atoms with van der Waals surface area (Å²) in [4.78, 5) is 22.4. The van der Waals surface area contributed by atoms with E-state index in [1.54, 1.807) is 27.7 Å². The third-order valence-electron chi connectivity index (χ3n) is 5.09. The van der Waals surface area contributed by atoms with Gasteiger partial charge in [0.25, 0.3) is 0 Å². The van der Waals surface area contributed by atoms with Gasteiger partial charge in [0.1, 0.15) is 0 Å². The first-order chi connectivity index (χ1) is 11.5. The lowest BCUT2D eigenvalue weighted by Crippen LogP contribution is -2.23. The van der Waals surface area contributed by atoms with Crippen LogP contribution in [-0.2, 0) is 22.4 Å². The number of carboxylic acid groups (broad SMARTS) is 2. The molecule has 0 amide bonds. The van der Waals surface area contributed by atoms with Gasteiger partial charge in [0.05, 0.1) is 10.8 Å². The first-order valence-corrected chi connectivity index (χ1v) is 9.01. The van der Waals surface area contributed by atoms with Crippen molar-refractivity contribution in [3.8, 4) is 0 Å². The Labute approximate surface area is 151 Å². The van der Waals surface area contributed by atoms with E-state index in [0.717, 1.165) is 25.7 Å². The van der Waals surface area contributed by atoms with E-state index in [1.165, 1.54) is 16.7 Å². The summed E-state index contributed by atoms with van der Waals surface area (Å²) >= 11 is 0. The Morgan fingerprint density at radius 3 is 1.84 bits per heavy atom. The normalized spacial score (nSPS) is 12.2. The lowest BCUT2D eigenvalue weighted by atomic mass is 9.85. The number of carbonyl (C=O) groups is 2. The predicted molar refractivity (Wildman–Crippen MR) is 99.9 cm³/mol. The van der Waals surface area contributed by atoms with Gasteiger partial charge in [-0.05, 0) is 89.8 Å². The minimum atomic E-state index is -0.752. The molecule has 0 heterocycles. The van der Waals surface area contributed by atoms with Crippen LogP contribution in [0, 0.1) is 17.8 Å². The monoisotopic (exact) mass is 348 g/mol. The molecule has 0 radical (unpaired) electrons. The van der Waals surface area contributed by atoms with Gasteiger partial charge >= 0.3 is 11.9 Å². The SMILES string of the molecule is Cc1ccc(CCCC(C)(C)C(=O)O)cc1CCCC(C)(C)C(=O)O. The van der Waals surface area contributed by atoms with Gasteiger partial charge in [0.15, 0.2) is 0 Å². The fourth-order valence-corrected chi connectivity index (χ4v) is 2.82. The number of benzene rings is 1. The number of hydrogen-bond acceptors (Lipinski definition) is 2. The van der Waals surface area contributed by atoms with Crippen LogP contribution in [0.5, 0.6) is 0 Å². The van der Waals surface area contributed by atoms with E-state index in [1.807, 2.05) is 0 Å². The zero-order valence-corrected chi connectivity index (χ0v) is 16.2. The van der Waals surface area contributed by atoms with Crippen LogP contribution in [0.4, 0.5) is 0 Å². The standard InChI is InChI=1S/C21H32O4/c1-15-10-11-16(8-6-12-20(2,3)18(22)23)14-17(15)9-7-13-21(4,5)19(24)25/h10-11,14H,6-9,12-13H2,1-5H3,(H,22,23)(H,24,25). The van der Waals surface area contributed by atoms with Crippen molar-refractivity contribution >= 4 is 11.9 Å². The Morgan fingerprint density at radius 1 is 0.880 bits per heavy atom. The summed E-state index contributed by atoms with van der Waals surface area (Å²) in [6.07, 6.45) is 4.72. The summed E-state index contributed by atoms with van der Waals surface area (Å²) in [6.45, 7) is 9.14. The number of aryl methyl sites for hydroxylation is 3. The van der Waals surface area contributed by atoms with Gasteiger partial charge in [0.2, 0.25) is 0 Å². The maximum absolute atomic E-state index is 11.2. The van der Waals surface area contributed by atoms with Gasteiger partial charge in [-0.3, -0.25) is 9.59 Å². The number of aliphatic carboxylic acids is 2. The van der Waals surface area contributed by atoms with E-state index >= 15 is 0 Å². The van der Waals surface area contributed by atoms with Gasteiger partial charge in [-0.15, -0.1) is 0 Å². The maximum atomic E-state index is 11.2. The Kier molecular flexibility index (Phi) is 7.21. The molecule has 0 saturated heterocycles. The second-order valence-electron chi connectivity index (χ2n) is 8.35. The Balaban J connectivity index is 2.61. The Hall–Kier alpha value is -1.84. The highest BCUT2D eigenvalue weighted by atomic mass is 16.4. The van der Waals surface area contributed by atoms with Crippen LogP contribution in [0.1, 0.15) is 70.1 Å². The maximum Gasteiger partial charge on any atom is 0.309 e. The van der Waals surface area contributed by atoms with E-state index < -0.39 is 22.8 Å². The molecule has 2 N–H and O–H groups in total. The molecule has 4 heteroatoms. The smallest absolute Gasteiger partial charge is 0.309 e. The first kappa shape index (κ1) is 21.2. The van der Waals surface area contributed by atoms with Gasteiger partial charge in [-0.2, -0.15) is 0 Å². The molecular weight excluding hydrogens is 316 g/mol. The summed E-state index contributed by atoms with van der Waals surface area (Å²) < 4.78 is 0. The van der Waals surface area contributed by atoms with Crippen molar-refractivity contribution in [3.05, 3.63) is 34.9 Å². The fraction of sp³-hybridized carbons (Fsp3) is 0.619. The molecule has 0 aliphatic rings. The highest BCUT2D eigenvalue weighted by Crippen LogP contribution is 2.26. The van der Waals surface area contributed by atoms with Gasteiger partial charge < -0.3 is 10.2 Å². The van der Waals surface area contributed by atoms with E-state index in [2.05, 4.69) is 25.1 Å². The number of hydrogen-bond donors (Lipinski definition) is 2. The Morgan fingerprint density at radius 2 is 1.36 bits per heavy atom. The molecule has 0 fully saturated rings. The lowest BCUT2D eigenvalue weighted by molar-refractivity contribution is -0.148. The van der Waals surface area contributed by atoms with Gasteiger partial charge in [0, 0.05) is 0 Å². The fourth-order valence-electron chi connectivity index (χ4n) is 2.82. The largest absolute Gasteiger partial charge is 0.481 e. The zero-order valence-electron chi connectivity index (χ0n) is 16.2. The van der Waals surface area contributed by atoms with Crippen LogP contribution >= 0.6 is 0 Å². The molecule has 0 spiro atoms. The third-order valence-corrected chi connectivity index (χ3v) is 5.09. The van der Waals surface area contributed by atoms with Gasteiger partial charge in [-0.1, -0.05) is 18.2 Å². The molecule has 1 rings (SSSR count). The summed E-state index contributed by atoms with van der Waals surface area (Å²) in [5, 5.41) is 18.4. The van der Waals surface area contributed by atoms with Crippen molar-refractivity contribution in [1.82, 2.24) is 0 Å². The molecule has 0 atom stereocenters. The molecule has 140 valence electrons. The lowest BCUT2D eigenvalue weighted by Gasteiger charge is -2.19. The van der Waals surface area contributed by atoms with E-state index in [9.17, 15) is 19.8 Å². The Bertz CT molecular complexity index is 614. The van der Waals surface area contributed by atoms with Crippen molar-refractivity contribution in [2.24, 2.45) is 10.8 Å². The van der Waals surface area contributed by atoms with Crippen LogP contribution in [0.15, 0.2) is 18.2 Å². The number of carboxylic acids is 2. The molecule has 1 aromatic rings. The average Bonchev–Trinajstić information content (AvgIpc) is 2.49. The van der Waals surface area contributed by atoms with Crippen molar-refractivity contribution < 1.29 is 19.8 Å². The molecule has 1 aromatic carbocycles. The van der Waals surface area contributed by atoms with Crippen LogP contribution in [-0.4, -0.2) is 22.2 Å². The molecule has 0 aromatic heterocycles. The van der Waals surface area contributed by atoms with Crippen molar-refractivity contribution in [2.45, 2.75) is 73.1 Å². The van der Waals surface area contributed by atoms with Crippen LogP contribution in [0.2, 0.25) is 0 Å². The third kappa shape index (κ3) is 6.52. The number of rotatable bonds is 10. The highest BCUT2D eigenvalue weighted by Gasteiger charge is 2.27. The summed E-state index contributed by atoms with van der Waals surface area (Å²) in [6, 6.07) is 6.40. The zero-order chi connectivity index (χ0) is 19.3. The topological polar surface area (TPSA) is 74.6 Å². The van der Waals surface area contributed by atoms with Crippen LogP contribution < -0.4 is 0 Å². The van der Waals surface area contributed by atoms with Crippen LogP contribution in [0.3, 0.4) is 0 Å². The molecule has 4 nitrogen and oxygen atoms in total. The molecule has 0 unspecified atom stereocenters. The minimum Gasteiger partial charge on any atom is -0.481 e. The quantitative estimate of drug-likeness (QED) is 0.633. The second-order valence-corrected chi connectivity index (χ2v) is 8.35. The molecule has 0 saturated carbocycles. The van der Waals surface area contributed by atoms with E-state index in [0.29, 0.717) is 12.8 Å². The van der Waals surface area contributed by atoms with E-state index in [-0.39, 0.29) is 0 Å².